The minimum absolute atomic E-state index is 0.0229. The number of nitriles is 1. The number of ether oxygens (including phenoxy) is 1. The van der Waals surface area contributed by atoms with Crippen LogP contribution in [0.3, 0.4) is 0 Å². The Labute approximate surface area is 198 Å². The van der Waals surface area contributed by atoms with Crippen molar-refractivity contribution in [1.29, 1.82) is 5.26 Å². The van der Waals surface area contributed by atoms with Crippen LogP contribution in [-0.2, 0) is 11.3 Å². The highest BCUT2D eigenvalue weighted by atomic mass is 35.5. The van der Waals surface area contributed by atoms with Gasteiger partial charge in [0.05, 0.1) is 28.4 Å². The molecule has 10 heteroatoms. The van der Waals surface area contributed by atoms with Gasteiger partial charge in [0.25, 0.3) is 0 Å². The zero-order valence-corrected chi connectivity index (χ0v) is 19.0. The molecule has 0 aliphatic carbocycles. The summed E-state index contributed by atoms with van der Waals surface area (Å²) in [7, 11) is 0. The number of aromatic hydroxyl groups is 1. The first-order valence-electron chi connectivity index (χ1n) is 10.3. The van der Waals surface area contributed by atoms with E-state index in [0.717, 1.165) is 0 Å². The Hall–Kier alpha value is -3.41. The Balaban J connectivity index is 1.46. The van der Waals surface area contributed by atoms with Gasteiger partial charge in [-0.1, -0.05) is 41.4 Å². The Morgan fingerprint density at radius 2 is 2.03 bits per heavy atom. The molecule has 2 aliphatic rings. The SMILES string of the molecule is Cc1c(-n2c(O)c3n(c2=O)[C@H]2C[C@@H]3N(C(=O)OCc3ccccc3Cl)C2)ccc(C#N)c1Cl. The molecule has 5 rings (SSSR count). The summed E-state index contributed by atoms with van der Waals surface area (Å²) < 4.78 is 8.17. The highest BCUT2D eigenvalue weighted by Gasteiger charge is 2.49. The average Bonchev–Trinajstić information content (AvgIpc) is 3.47. The van der Waals surface area contributed by atoms with E-state index in [2.05, 4.69) is 0 Å². The number of carbonyl (C=O) groups excluding carboxylic acids is 1. The van der Waals surface area contributed by atoms with Crippen LogP contribution in [0.5, 0.6) is 5.88 Å². The molecule has 3 aromatic rings. The minimum atomic E-state index is -0.536. The summed E-state index contributed by atoms with van der Waals surface area (Å²) in [6, 6.07) is 11.4. The number of aromatic nitrogens is 2. The van der Waals surface area contributed by atoms with Crippen LogP contribution in [-0.4, -0.2) is 31.8 Å². The second-order valence-corrected chi connectivity index (χ2v) is 8.87. The molecule has 1 N–H and O–H groups in total. The van der Waals surface area contributed by atoms with Gasteiger partial charge in [0.15, 0.2) is 0 Å². The molecule has 3 heterocycles. The maximum atomic E-state index is 13.2. The number of amides is 1. The van der Waals surface area contributed by atoms with E-state index in [4.69, 9.17) is 27.9 Å². The third-order valence-electron chi connectivity index (χ3n) is 6.32. The highest BCUT2D eigenvalue weighted by molar-refractivity contribution is 6.32. The molecule has 0 saturated carbocycles. The molecule has 8 nitrogen and oxygen atoms in total. The van der Waals surface area contributed by atoms with Crippen molar-refractivity contribution in [3.05, 3.63) is 79.3 Å². The highest BCUT2D eigenvalue weighted by Crippen LogP contribution is 2.49. The van der Waals surface area contributed by atoms with E-state index in [9.17, 15) is 20.0 Å². The molecule has 1 fully saturated rings. The number of imidazole rings is 1. The van der Waals surface area contributed by atoms with Crippen LogP contribution < -0.4 is 5.69 Å². The Morgan fingerprint density at radius 3 is 2.76 bits per heavy atom. The number of nitrogens with zero attached hydrogens (tertiary/aromatic N) is 4. The van der Waals surface area contributed by atoms with Crippen molar-refractivity contribution in [2.24, 2.45) is 0 Å². The first-order valence-corrected chi connectivity index (χ1v) is 11.0. The van der Waals surface area contributed by atoms with Crippen LogP contribution in [0.2, 0.25) is 10.0 Å². The molecule has 0 radical (unpaired) electrons. The van der Waals surface area contributed by atoms with E-state index in [-0.39, 0.29) is 29.1 Å². The number of fused-ring (bicyclic) bond motifs is 5. The number of benzene rings is 2. The lowest BCUT2D eigenvalue weighted by molar-refractivity contribution is 0.0870. The van der Waals surface area contributed by atoms with Crippen LogP contribution in [0.4, 0.5) is 4.79 Å². The zero-order chi connectivity index (χ0) is 23.4. The predicted octanol–water partition coefficient (Wildman–Crippen LogP) is 4.47. The number of hydrogen-bond donors (Lipinski definition) is 1. The summed E-state index contributed by atoms with van der Waals surface area (Å²) >= 11 is 12.4. The molecule has 2 atom stereocenters. The molecular weight excluding hydrogens is 467 g/mol. The fraction of sp³-hybridized carbons (Fsp3) is 0.261. The Kier molecular flexibility index (Phi) is 5.11. The van der Waals surface area contributed by atoms with E-state index in [1.54, 1.807) is 31.2 Å². The van der Waals surface area contributed by atoms with E-state index in [1.165, 1.54) is 20.1 Å². The van der Waals surface area contributed by atoms with Gasteiger partial charge in [-0.15, -0.1) is 0 Å². The lowest BCUT2D eigenvalue weighted by Crippen LogP contribution is -2.38. The molecule has 168 valence electrons. The molecular formula is C23H18Cl2N4O4. The first kappa shape index (κ1) is 21.4. The largest absolute Gasteiger partial charge is 0.493 e. The van der Waals surface area contributed by atoms with Crippen molar-refractivity contribution in [1.82, 2.24) is 14.0 Å². The molecule has 2 aromatic carbocycles. The van der Waals surface area contributed by atoms with Gasteiger partial charge < -0.3 is 9.84 Å². The van der Waals surface area contributed by atoms with Gasteiger partial charge >= 0.3 is 11.8 Å². The number of carbonyl (C=O) groups is 1. The maximum Gasteiger partial charge on any atom is 0.410 e. The molecule has 1 amide bonds. The molecule has 1 saturated heterocycles. The van der Waals surface area contributed by atoms with Crippen LogP contribution >= 0.6 is 23.2 Å². The fourth-order valence-electron chi connectivity index (χ4n) is 4.71. The Morgan fingerprint density at radius 1 is 1.27 bits per heavy atom. The molecule has 0 spiro atoms. The lowest BCUT2D eigenvalue weighted by Gasteiger charge is -2.27. The molecule has 2 aliphatic heterocycles. The lowest BCUT2D eigenvalue weighted by atomic mass is 10.1. The monoisotopic (exact) mass is 484 g/mol. The number of rotatable bonds is 3. The van der Waals surface area contributed by atoms with Gasteiger partial charge in [0, 0.05) is 17.1 Å². The van der Waals surface area contributed by atoms with Gasteiger partial charge in [-0.05, 0) is 37.1 Å². The Bertz CT molecular complexity index is 1400. The second-order valence-electron chi connectivity index (χ2n) is 8.08. The molecule has 0 unspecified atom stereocenters. The summed E-state index contributed by atoms with van der Waals surface area (Å²) in [6.45, 7) is 2.00. The third-order valence-corrected chi connectivity index (χ3v) is 7.18. The van der Waals surface area contributed by atoms with E-state index < -0.39 is 17.8 Å². The van der Waals surface area contributed by atoms with Crippen molar-refractivity contribution in [2.75, 3.05) is 6.54 Å². The summed E-state index contributed by atoms with van der Waals surface area (Å²) in [5.41, 5.74) is 1.81. The molecule has 2 bridgehead atoms. The zero-order valence-electron chi connectivity index (χ0n) is 17.5. The van der Waals surface area contributed by atoms with Gasteiger partial charge in [-0.2, -0.15) is 5.26 Å². The molecule has 33 heavy (non-hydrogen) atoms. The van der Waals surface area contributed by atoms with E-state index in [0.29, 0.717) is 40.5 Å². The fourth-order valence-corrected chi connectivity index (χ4v) is 5.10. The predicted molar refractivity (Wildman–Crippen MR) is 121 cm³/mol. The van der Waals surface area contributed by atoms with Crippen molar-refractivity contribution in [3.63, 3.8) is 0 Å². The van der Waals surface area contributed by atoms with Gasteiger partial charge in [-0.3, -0.25) is 9.47 Å². The first-order chi connectivity index (χ1) is 15.8. The van der Waals surface area contributed by atoms with Crippen LogP contribution in [0.1, 0.15) is 40.9 Å². The maximum absolute atomic E-state index is 13.2. The topological polar surface area (TPSA) is 100 Å². The normalized spacial score (nSPS) is 18.3. The van der Waals surface area contributed by atoms with E-state index >= 15 is 0 Å². The standard InChI is InChI=1S/C23H18Cl2N4O4/c1-12-17(7-6-13(9-26)19(12)25)29-21(30)20-18-8-15(28(20)22(29)31)10-27(18)23(32)33-11-14-4-2-3-5-16(14)24/h2-7,15,18,30H,8,10-11H2,1H3/t15-,18-/m0/s1. The van der Waals surface area contributed by atoms with Crippen molar-refractivity contribution in [2.45, 2.75) is 32.0 Å². The minimum Gasteiger partial charge on any atom is -0.493 e. The number of halogens is 2. The van der Waals surface area contributed by atoms with Crippen LogP contribution in [0.15, 0.2) is 41.2 Å². The summed E-state index contributed by atoms with van der Waals surface area (Å²) in [4.78, 5) is 27.6. The van der Waals surface area contributed by atoms with Crippen molar-refractivity contribution >= 4 is 29.3 Å². The van der Waals surface area contributed by atoms with E-state index in [1.807, 2.05) is 12.1 Å². The smallest absolute Gasteiger partial charge is 0.410 e. The molecule has 1 aromatic heterocycles. The quantitative estimate of drug-likeness (QED) is 0.590. The summed E-state index contributed by atoms with van der Waals surface area (Å²) in [6.07, 6.45) is -0.0151. The van der Waals surface area contributed by atoms with Gasteiger partial charge in [0.1, 0.15) is 18.4 Å². The second kappa shape index (κ2) is 7.87. The van der Waals surface area contributed by atoms with Crippen molar-refractivity contribution < 1.29 is 14.6 Å². The number of hydrogen-bond acceptors (Lipinski definition) is 5. The van der Waals surface area contributed by atoms with Crippen LogP contribution in [0, 0.1) is 18.3 Å². The van der Waals surface area contributed by atoms with Crippen LogP contribution in [0.25, 0.3) is 5.69 Å². The summed E-state index contributed by atoms with van der Waals surface area (Å²) in [5, 5.41) is 20.9. The average molecular weight is 485 g/mol. The summed E-state index contributed by atoms with van der Waals surface area (Å²) in [5.74, 6) is -0.250. The van der Waals surface area contributed by atoms with Gasteiger partial charge in [0.2, 0.25) is 5.88 Å². The van der Waals surface area contributed by atoms with Gasteiger partial charge in [-0.25, -0.2) is 14.2 Å². The third kappa shape index (κ3) is 3.19. The number of likely N-dealkylation sites (tertiary alicyclic amines) is 1. The van der Waals surface area contributed by atoms with Crippen molar-refractivity contribution in [3.8, 4) is 17.6 Å².